The zero-order valence-electron chi connectivity index (χ0n) is 13.1. The molecular weight excluding hydrogens is 280 g/mol. The van der Waals surface area contributed by atoms with Crippen molar-refractivity contribution in [2.24, 2.45) is 0 Å². The first kappa shape index (κ1) is 15.9. The van der Waals surface area contributed by atoms with E-state index in [1.165, 1.54) is 4.88 Å². The minimum absolute atomic E-state index is 0.142. The monoisotopic (exact) mass is 304 g/mol. The van der Waals surface area contributed by atoms with Gasteiger partial charge in [-0.05, 0) is 45.3 Å². The highest BCUT2D eigenvalue weighted by atomic mass is 32.1. The van der Waals surface area contributed by atoms with Crippen LogP contribution in [-0.4, -0.2) is 18.2 Å². The third-order valence-corrected chi connectivity index (χ3v) is 4.64. The molecule has 1 aromatic carbocycles. The lowest BCUT2D eigenvalue weighted by atomic mass is 10.1. The molecule has 0 aliphatic heterocycles. The van der Waals surface area contributed by atoms with Crippen molar-refractivity contribution in [3.8, 4) is 5.75 Å². The van der Waals surface area contributed by atoms with E-state index in [0.717, 1.165) is 17.8 Å². The topological polar surface area (TPSA) is 35.5 Å². The molecular formula is C17H24N2OS. The third-order valence-electron chi connectivity index (χ3n) is 3.77. The molecule has 1 atom stereocenters. The van der Waals surface area contributed by atoms with Crippen LogP contribution in [0.5, 0.6) is 5.75 Å². The maximum Gasteiger partial charge on any atom is 0.122 e. The number of hydrogen-bond acceptors (Lipinski definition) is 4. The number of phenols is 1. The van der Waals surface area contributed by atoms with E-state index in [9.17, 15) is 5.11 Å². The number of nitrogens with zero attached hydrogens (tertiary/aromatic N) is 1. The quantitative estimate of drug-likeness (QED) is 0.841. The van der Waals surface area contributed by atoms with Gasteiger partial charge in [0.15, 0.2) is 0 Å². The van der Waals surface area contributed by atoms with Gasteiger partial charge in [-0.25, -0.2) is 0 Å². The molecule has 0 spiro atoms. The van der Waals surface area contributed by atoms with Gasteiger partial charge in [-0.3, -0.25) is 0 Å². The maximum absolute atomic E-state index is 10.3. The van der Waals surface area contributed by atoms with Gasteiger partial charge in [0.25, 0.3) is 0 Å². The molecule has 3 nitrogen and oxygen atoms in total. The molecule has 0 fully saturated rings. The molecule has 0 aliphatic carbocycles. The molecule has 2 rings (SSSR count). The van der Waals surface area contributed by atoms with Crippen molar-refractivity contribution in [2.45, 2.75) is 39.4 Å². The van der Waals surface area contributed by atoms with Gasteiger partial charge in [0.2, 0.25) is 0 Å². The van der Waals surface area contributed by atoms with Crippen molar-refractivity contribution in [3.63, 3.8) is 0 Å². The second kappa shape index (κ2) is 6.96. The number of rotatable bonds is 6. The summed E-state index contributed by atoms with van der Waals surface area (Å²) in [7, 11) is 1.90. The predicted molar refractivity (Wildman–Crippen MR) is 91.2 cm³/mol. The molecule has 0 saturated carbocycles. The fraction of sp³-hybridized carbons (Fsp3) is 0.412. The summed E-state index contributed by atoms with van der Waals surface area (Å²) in [5.41, 5.74) is 1.99. The van der Waals surface area contributed by atoms with E-state index in [-0.39, 0.29) is 6.04 Å². The van der Waals surface area contributed by atoms with Crippen LogP contribution < -0.4 is 10.2 Å². The number of thiophene rings is 1. The fourth-order valence-electron chi connectivity index (χ4n) is 2.37. The van der Waals surface area contributed by atoms with Crippen molar-refractivity contribution in [2.75, 3.05) is 11.9 Å². The minimum atomic E-state index is 0.142. The Labute approximate surface area is 131 Å². The van der Waals surface area contributed by atoms with Crippen LogP contribution in [-0.2, 0) is 6.54 Å². The molecule has 0 bridgehead atoms. The number of phenolic OH excluding ortho intramolecular Hbond substituents is 1. The van der Waals surface area contributed by atoms with Gasteiger partial charge < -0.3 is 15.3 Å². The Morgan fingerprint density at radius 2 is 2.00 bits per heavy atom. The molecule has 0 saturated heterocycles. The molecule has 1 aromatic heterocycles. The van der Waals surface area contributed by atoms with E-state index in [4.69, 9.17) is 0 Å². The van der Waals surface area contributed by atoms with E-state index < -0.39 is 0 Å². The molecule has 0 aliphatic rings. The Hall–Kier alpha value is -1.52. The molecule has 21 heavy (non-hydrogen) atoms. The summed E-state index contributed by atoms with van der Waals surface area (Å²) in [6.45, 7) is 7.26. The van der Waals surface area contributed by atoms with Crippen molar-refractivity contribution in [3.05, 3.63) is 46.2 Å². The zero-order chi connectivity index (χ0) is 15.4. The van der Waals surface area contributed by atoms with Crippen LogP contribution in [0.15, 0.2) is 35.7 Å². The van der Waals surface area contributed by atoms with Crippen molar-refractivity contribution in [1.82, 2.24) is 5.32 Å². The first-order valence-corrected chi connectivity index (χ1v) is 8.20. The standard InChI is InChI=1S/C17H24N2OS/c1-12(2)19(11-15-6-5-9-21-15)14-7-8-16(13(3)18-4)17(20)10-14/h5-10,12-13,18,20H,11H2,1-4H3. The average molecular weight is 304 g/mol. The number of nitrogens with one attached hydrogen (secondary N) is 1. The molecule has 2 aromatic rings. The van der Waals surface area contributed by atoms with Gasteiger partial charge in [0, 0.05) is 34.3 Å². The molecule has 0 radical (unpaired) electrons. The molecule has 0 amide bonds. The third kappa shape index (κ3) is 3.77. The van der Waals surface area contributed by atoms with Crippen LogP contribution in [0.2, 0.25) is 0 Å². The normalized spacial score (nSPS) is 12.6. The van der Waals surface area contributed by atoms with Crippen molar-refractivity contribution in [1.29, 1.82) is 0 Å². The highest BCUT2D eigenvalue weighted by Gasteiger charge is 2.15. The van der Waals surface area contributed by atoms with Gasteiger partial charge in [-0.2, -0.15) is 0 Å². The molecule has 2 N–H and O–H groups in total. The van der Waals surface area contributed by atoms with E-state index >= 15 is 0 Å². The summed E-state index contributed by atoms with van der Waals surface area (Å²) in [6.07, 6.45) is 0. The Morgan fingerprint density at radius 1 is 1.24 bits per heavy atom. The van der Waals surface area contributed by atoms with Gasteiger partial charge in [0.05, 0.1) is 6.54 Å². The second-order valence-electron chi connectivity index (χ2n) is 5.55. The average Bonchev–Trinajstić information content (AvgIpc) is 2.96. The fourth-order valence-corrected chi connectivity index (χ4v) is 3.08. The van der Waals surface area contributed by atoms with Crippen LogP contribution in [0.3, 0.4) is 0 Å². The number of anilines is 1. The Balaban J connectivity index is 2.26. The van der Waals surface area contributed by atoms with E-state index in [0.29, 0.717) is 11.8 Å². The summed E-state index contributed by atoms with van der Waals surface area (Å²) in [5, 5.41) is 15.5. The van der Waals surface area contributed by atoms with Gasteiger partial charge >= 0.3 is 0 Å². The highest BCUT2D eigenvalue weighted by molar-refractivity contribution is 7.09. The van der Waals surface area contributed by atoms with Gasteiger partial charge in [-0.1, -0.05) is 12.1 Å². The lowest BCUT2D eigenvalue weighted by Gasteiger charge is -2.29. The SMILES string of the molecule is CNC(C)c1ccc(N(Cc2cccs2)C(C)C)cc1O. The van der Waals surface area contributed by atoms with E-state index in [2.05, 4.69) is 47.6 Å². The molecule has 114 valence electrons. The Kier molecular flexibility index (Phi) is 5.26. The first-order valence-electron chi connectivity index (χ1n) is 7.32. The lowest BCUT2D eigenvalue weighted by molar-refractivity contribution is 0.457. The van der Waals surface area contributed by atoms with Crippen LogP contribution in [0.25, 0.3) is 0 Å². The minimum Gasteiger partial charge on any atom is -0.508 e. The smallest absolute Gasteiger partial charge is 0.122 e. The van der Waals surface area contributed by atoms with Crippen LogP contribution >= 0.6 is 11.3 Å². The summed E-state index contributed by atoms with van der Waals surface area (Å²) < 4.78 is 0. The summed E-state index contributed by atoms with van der Waals surface area (Å²) in [6, 6.07) is 10.7. The van der Waals surface area contributed by atoms with Crippen LogP contribution in [0, 0.1) is 0 Å². The summed E-state index contributed by atoms with van der Waals surface area (Å²) in [4.78, 5) is 3.63. The summed E-state index contributed by atoms with van der Waals surface area (Å²) >= 11 is 1.77. The Bertz CT molecular complexity index is 566. The predicted octanol–water partition coefficient (Wildman–Crippen LogP) is 4.15. The number of benzene rings is 1. The van der Waals surface area contributed by atoms with Crippen LogP contribution in [0.4, 0.5) is 5.69 Å². The first-order chi connectivity index (χ1) is 10.0. The number of aromatic hydroxyl groups is 1. The number of hydrogen-bond donors (Lipinski definition) is 2. The van der Waals surface area contributed by atoms with E-state index in [1.807, 2.05) is 26.1 Å². The van der Waals surface area contributed by atoms with Gasteiger partial charge in [-0.15, -0.1) is 11.3 Å². The molecule has 1 heterocycles. The van der Waals surface area contributed by atoms with Crippen molar-refractivity contribution >= 4 is 17.0 Å². The highest BCUT2D eigenvalue weighted by Crippen LogP contribution is 2.31. The lowest BCUT2D eigenvalue weighted by Crippen LogP contribution is -2.29. The zero-order valence-corrected chi connectivity index (χ0v) is 13.9. The largest absolute Gasteiger partial charge is 0.508 e. The maximum atomic E-state index is 10.3. The summed E-state index contributed by atoms with van der Waals surface area (Å²) in [5.74, 6) is 0.353. The van der Waals surface area contributed by atoms with Crippen molar-refractivity contribution < 1.29 is 5.11 Å². The van der Waals surface area contributed by atoms with Gasteiger partial charge in [0.1, 0.15) is 5.75 Å². The molecule has 4 heteroatoms. The molecule has 1 unspecified atom stereocenters. The Morgan fingerprint density at radius 3 is 2.52 bits per heavy atom. The van der Waals surface area contributed by atoms with E-state index in [1.54, 1.807) is 11.3 Å². The van der Waals surface area contributed by atoms with Crippen LogP contribution in [0.1, 0.15) is 37.3 Å². The second-order valence-corrected chi connectivity index (χ2v) is 6.59.